The Morgan fingerprint density at radius 2 is 1.77 bits per heavy atom. The lowest BCUT2D eigenvalue weighted by molar-refractivity contribution is -0.133. The van der Waals surface area contributed by atoms with Gasteiger partial charge in [0.25, 0.3) is 0 Å². The third-order valence-electron chi connectivity index (χ3n) is 5.12. The molecule has 3 rings (SSSR count). The second-order valence-electron chi connectivity index (χ2n) is 7.40. The van der Waals surface area contributed by atoms with Gasteiger partial charge in [0.1, 0.15) is 11.3 Å². The molecule has 0 aromatic heterocycles. The van der Waals surface area contributed by atoms with E-state index >= 15 is 0 Å². The average Bonchev–Trinajstić information content (AvgIpc) is 2.72. The van der Waals surface area contributed by atoms with E-state index in [-0.39, 0.29) is 19.6 Å². The van der Waals surface area contributed by atoms with Crippen molar-refractivity contribution >= 4 is 27.5 Å². The monoisotopic (exact) mass is 431 g/mol. The molecule has 2 aromatic carbocycles. The molecule has 0 bridgehead atoms. The maximum Gasteiger partial charge on any atom is 0.247 e. The number of hydrogen-bond donors (Lipinski definition) is 1. The summed E-state index contributed by atoms with van der Waals surface area (Å²) in [6, 6.07) is 16.1. The highest BCUT2D eigenvalue weighted by Gasteiger charge is 2.50. The number of benzene rings is 2. The molecular formula is C21H25N3O5S. The molecule has 160 valence electrons. The molecule has 0 aliphatic carbocycles. The molecule has 1 heterocycles. The first-order chi connectivity index (χ1) is 14.1. The molecule has 9 heteroatoms. The summed E-state index contributed by atoms with van der Waals surface area (Å²) in [6.45, 7) is 1.36. The van der Waals surface area contributed by atoms with E-state index in [9.17, 15) is 18.0 Å². The SMILES string of the molecule is COc1ccc(N2C(=O)CN(S(C)(=O)=O)C[C@]2(C)C(=O)NCc2ccccc2)cc1. The molecule has 0 spiro atoms. The first kappa shape index (κ1) is 21.8. The Morgan fingerprint density at radius 1 is 1.13 bits per heavy atom. The molecule has 0 unspecified atom stereocenters. The average molecular weight is 432 g/mol. The molecule has 8 nitrogen and oxygen atoms in total. The maximum absolute atomic E-state index is 13.3. The number of carbonyl (C=O) groups excluding carboxylic acids is 2. The van der Waals surface area contributed by atoms with Crippen LogP contribution in [0.25, 0.3) is 0 Å². The van der Waals surface area contributed by atoms with Crippen LogP contribution in [0.2, 0.25) is 0 Å². The zero-order valence-electron chi connectivity index (χ0n) is 17.2. The molecule has 2 amide bonds. The summed E-state index contributed by atoms with van der Waals surface area (Å²) in [5.41, 5.74) is -0.0409. The van der Waals surface area contributed by atoms with E-state index in [0.717, 1.165) is 16.1 Å². The van der Waals surface area contributed by atoms with Crippen LogP contribution in [0.3, 0.4) is 0 Å². The minimum atomic E-state index is -3.66. The number of sulfonamides is 1. The minimum absolute atomic E-state index is 0.149. The fourth-order valence-electron chi connectivity index (χ4n) is 3.50. The molecule has 1 atom stereocenters. The normalized spacial score (nSPS) is 20.1. The van der Waals surface area contributed by atoms with E-state index in [0.29, 0.717) is 11.4 Å². The number of piperazine rings is 1. The number of ether oxygens (including phenoxy) is 1. The van der Waals surface area contributed by atoms with Crippen molar-refractivity contribution in [2.24, 2.45) is 0 Å². The fourth-order valence-corrected chi connectivity index (χ4v) is 4.33. The number of methoxy groups -OCH3 is 1. The highest BCUT2D eigenvalue weighted by atomic mass is 32.2. The second kappa shape index (κ2) is 8.45. The van der Waals surface area contributed by atoms with Crippen molar-refractivity contribution in [3.8, 4) is 5.75 Å². The van der Waals surface area contributed by atoms with Gasteiger partial charge >= 0.3 is 0 Å². The van der Waals surface area contributed by atoms with Gasteiger partial charge in [-0.1, -0.05) is 30.3 Å². The van der Waals surface area contributed by atoms with Crippen LogP contribution in [-0.2, 0) is 26.2 Å². The number of amides is 2. The van der Waals surface area contributed by atoms with Gasteiger partial charge in [0.05, 0.1) is 19.9 Å². The Bertz CT molecular complexity index is 1020. The van der Waals surface area contributed by atoms with E-state index in [1.165, 1.54) is 12.0 Å². The van der Waals surface area contributed by atoms with Crippen molar-refractivity contribution in [2.45, 2.75) is 19.0 Å². The fraction of sp³-hybridized carbons (Fsp3) is 0.333. The van der Waals surface area contributed by atoms with Crippen LogP contribution in [0.1, 0.15) is 12.5 Å². The largest absolute Gasteiger partial charge is 0.497 e. The Hall–Kier alpha value is -2.91. The Balaban J connectivity index is 1.95. The van der Waals surface area contributed by atoms with Crippen LogP contribution in [0.15, 0.2) is 54.6 Å². The van der Waals surface area contributed by atoms with Crippen molar-refractivity contribution in [3.63, 3.8) is 0 Å². The lowest BCUT2D eigenvalue weighted by atomic mass is 9.94. The summed E-state index contributed by atoms with van der Waals surface area (Å²) < 4.78 is 30.5. The number of nitrogens with zero attached hydrogens (tertiary/aromatic N) is 2. The Labute approximate surface area is 176 Å². The summed E-state index contributed by atoms with van der Waals surface area (Å²) in [5, 5.41) is 2.85. The van der Waals surface area contributed by atoms with Crippen molar-refractivity contribution in [1.82, 2.24) is 9.62 Å². The zero-order chi connectivity index (χ0) is 21.9. The van der Waals surface area contributed by atoms with E-state index < -0.39 is 27.4 Å². The summed E-state index contributed by atoms with van der Waals surface area (Å²) in [6.07, 6.45) is 1.03. The van der Waals surface area contributed by atoms with Gasteiger partial charge in [0, 0.05) is 18.8 Å². The quantitative estimate of drug-likeness (QED) is 0.746. The van der Waals surface area contributed by atoms with Crippen LogP contribution < -0.4 is 15.0 Å². The van der Waals surface area contributed by atoms with Crippen LogP contribution in [0.4, 0.5) is 5.69 Å². The van der Waals surface area contributed by atoms with E-state index in [1.54, 1.807) is 31.2 Å². The van der Waals surface area contributed by atoms with Gasteiger partial charge in [-0.3, -0.25) is 14.5 Å². The maximum atomic E-state index is 13.3. The third-order valence-corrected chi connectivity index (χ3v) is 6.32. The van der Waals surface area contributed by atoms with Crippen LogP contribution in [0, 0.1) is 0 Å². The summed E-state index contributed by atoms with van der Waals surface area (Å²) >= 11 is 0. The highest BCUT2D eigenvalue weighted by molar-refractivity contribution is 7.88. The van der Waals surface area contributed by atoms with Gasteiger partial charge < -0.3 is 10.1 Å². The van der Waals surface area contributed by atoms with Crippen molar-refractivity contribution in [2.75, 3.05) is 31.4 Å². The Morgan fingerprint density at radius 3 is 2.33 bits per heavy atom. The topological polar surface area (TPSA) is 96.0 Å². The number of carbonyl (C=O) groups is 2. The van der Waals surface area contributed by atoms with Crippen LogP contribution in [0.5, 0.6) is 5.75 Å². The van der Waals surface area contributed by atoms with Crippen molar-refractivity contribution < 1.29 is 22.7 Å². The predicted molar refractivity (Wildman–Crippen MR) is 114 cm³/mol. The molecule has 2 aromatic rings. The van der Waals surface area contributed by atoms with E-state index in [2.05, 4.69) is 5.32 Å². The summed E-state index contributed by atoms with van der Waals surface area (Å²) in [7, 11) is -2.13. The van der Waals surface area contributed by atoms with Gasteiger partial charge in [-0.15, -0.1) is 0 Å². The number of anilines is 1. The summed E-state index contributed by atoms with van der Waals surface area (Å²) in [5.74, 6) is -0.311. The standard InChI is InChI=1S/C21H25N3O5S/c1-21(20(26)22-13-16-7-5-4-6-8-16)15-23(30(3,27)28)14-19(25)24(21)17-9-11-18(29-2)12-10-17/h4-12H,13-15H2,1-3H3,(H,22,26)/t21-/m1/s1. The molecule has 1 N–H and O–H groups in total. The lowest BCUT2D eigenvalue weighted by Crippen LogP contribution is -2.70. The predicted octanol–water partition coefficient (Wildman–Crippen LogP) is 1.38. The number of hydrogen-bond acceptors (Lipinski definition) is 5. The first-order valence-electron chi connectivity index (χ1n) is 9.39. The number of nitrogens with one attached hydrogen (secondary N) is 1. The molecular weight excluding hydrogens is 406 g/mol. The Kier molecular flexibility index (Phi) is 6.14. The molecule has 1 saturated heterocycles. The first-order valence-corrected chi connectivity index (χ1v) is 11.2. The van der Waals surface area contributed by atoms with Gasteiger partial charge in [0.15, 0.2) is 0 Å². The smallest absolute Gasteiger partial charge is 0.247 e. The van der Waals surface area contributed by atoms with Crippen LogP contribution in [-0.4, -0.2) is 56.5 Å². The van der Waals surface area contributed by atoms with Crippen molar-refractivity contribution in [1.29, 1.82) is 0 Å². The van der Waals surface area contributed by atoms with Crippen LogP contribution >= 0.6 is 0 Å². The highest BCUT2D eigenvalue weighted by Crippen LogP contribution is 2.31. The molecule has 1 aliphatic heterocycles. The van der Waals surface area contributed by atoms with Gasteiger partial charge in [-0.2, -0.15) is 4.31 Å². The molecule has 30 heavy (non-hydrogen) atoms. The van der Waals surface area contributed by atoms with Gasteiger partial charge in [-0.25, -0.2) is 8.42 Å². The van der Waals surface area contributed by atoms with Crippen molar-refractivity contribution in [3.05, 3.63) is 60.2 Å². The van der Waals surface area contributed by atoms with E-state index in [1.807, 2.05) is 30.3 Å². The van der Waals surface area contributed by atoms with Gasteiger partial charge in [-0.05, 0) is 36.8 Å². The molecule has 1 aliphatic rings. The van der Waals surface area contributed by atoms with E-state index in [4.69, 9.17) is 4.74 Å². The lowest BCUT2D eigenvalue weighted by Gasteiger charge is -2.46. The zero-order valence-corrected chi connectivity index (χ0v) is 18.0. The molecule has 1 fully saturated rings. The van der Waals surface area contributed by atoms with Gasteiger partial charge in [0.2, 0.25) is 21.8 Å². The summed E-state index contributed by atoms with van der Waals surface area (Å²) in [4.78, 5) is 27.6. The third kappa shape index (κ3) is 4.47. The molecule has 0 radical (unpaired) electrons. The number of rotatable bonds is 6. The second-order valence-corrected chi connectivity index (χ2v) is 9.38. The molecule has 0 saturated carbocycles. The minimum Gasteiger partial charge on any atom is -0.497 e.